The molecule has 3 heterocycles. The zero-order valence-corrected chi connectivity index (χ0v) is 51.3. The third kappa shape index (κ3) is 10.5. The Bertz CT molecular complexity index is 5660. The Morgan fingerprint density at radius 3 is 1.69 bits per heavy atom. The number of imidazole rings is 1. The van der Waals surface area contributed by atoms with Crippen LogP contribution in [0.25, 0.3) is 72.3 Å². The molecule has 0 spiro atoms. The second-order valence-corrected chi connectivity index (χ2v) is 27.1. The Morgan fingerprint density at radius 2 is 1.06 bits per heavy atom. The van der Waals surface area contributed by atoms with Crippen LogP contribution in [0.1, 0.15) is 109 Å². The predicted octanol–water partition coefficient (Wildman–Crippen LogP) is 16.2. The third-order valence-electron chi connectivity index (χ3n) is 14.8. The van der Waals surface area contributed by atoms with E-state index in [2.05, 4.69) is 45.3 Å². The molecule has 10 aromatic carbocycles. The Morgan fingerprint density at radius 1 is 0.494 bits per heavy atom. The molecule has 13 aromatic rings. The summed E-state index contributed by atoms with van der Waals surface area (Å²) in [4.78, 5) is 4.83. The second-order valence-electron chi connectivity index (χ2n) is 23.6. The number of aromatic nitrogens is 4. The molecule has 0 aliphatic carbocycles. The summed E-state index contributed by atoms with van der Waals surface area (Å²) in [6.07, 6.45) is 5.27. The number of para-hydroxylation sites is 4. The summed E-state index contributed by atoms with van der Waals surface area (Å²) in [6.45, 7) is 17.4. The van der Waals surface area contributed by atoms with Crippen molar-refractivity contribution in [2.24, 2.45) is 0 Å². The molecule has 0 bridgehead atoms. The van der Waals surface area contributed by atoms with Crippen LogP contribution in [-0.4, -0.2) is 22.2 Å². The second kappa shape index (κ2) is 22.4. The van der Waals surface area contributed by atoms with Crippen LogP contribution >= 0.6 is 0 Å². The van der Waals surface area contributed by atoms with Gasteiger partial charge in [-0.15, -0.1) is 29.7 Å². The number of benzene rings is 10. The van der Waals surface area contributed by atoms with Gasteiger partial charge >= 0.3 is 0 Å². The minimum Gasteiger partial charge on any atom is -0.510 e. The number of ether oxygens (including phenoxy) is 1. The quantitative estimate of drug-likeness (QED) is 0.0560. The molecule has 13 rings (SSSR count). The van der Waals surface area contributed by atoms with Crippen molar-refractivity contribution < 1.29 is 60.5 Å². The summed E-state index contributed by atoms with van der Waals surface area (Å²) < 4.78 is 224. The topological polar surface area (TPSA) is 35.9 Å². The maximum atomic E-state index is 11.0. The van der Waals surface area contributed by atoms with Crippen LogP contribution in [-0.2, 0) is 37.3 Å². The summed E-state index contributed by atoms with van der Waals surface area (Å²) in [5.41, 5.74) is 1.29. The number of hydrogen-bond donors (Lipinski definition) is 0. The van der Waals surface area contributed by atoms with Crippen molar-refractivity contribution in [2.45, 2.75) is 78.6 Å². The Kier molecular flexibility index (Phi) is 9.54. The molecule has 0 saturated carbocycles. The molecule has 0 fully saturated rings. The average Bonchev–Trinajstić information content (AvgIpc) is 1.24. The van der Waals surface area contributed by atoms with Gasteiger partial charge in [0.15, 0.2) is 8.07 Å². The molecule has 5 nitrogen and oxygen atoms in total. The predicted molar refractivity (Wildman–Crippen MR) is 351 cm³/mol. The van der Waals surface area contributed by atoms with E-state index in [0.717, 1.165) is 21.9 Å². The van der Waals surface area contributed by atoms with Gasteiger partial charge < -0.3 is 13.9 Å². The van der Waals surface area contributed by atoms with Crippen LogP contribution < -0.4 is 30.1 Å². The first-order valence-corrected chi connectivity index (χ1v) is 29.4. The summed E-state index contributed by atoms with van der Waals surface area (Å²) in [7, 11) is -6.35. The Balaban J connectivity index is 0.0000107. The smallest absolute Gasteiger partial charge is 0.268 e. The van der Waals surface area contributed by atoms with Crippen LogP contribution in [0, 0.1) is 18.5 Å². The van der Waals surface area contributed by atoms with Crippen molar-refractivity contribution in [3.8, 4) is 50.9 Å². The van der Waals surface area contributed by atoms with Crippen LogP contribution in [0.5, 0.6) is 11.5 Å². The Labute approximate surface area is 547 Å². The largest absolute Gasteiger partial charge is 0.510 e. The third-order valence-corrected chi connectivity index (χ3v) is 18.8. The number of nitrogens with zero attached hydrogens (tertiary/aromatic N) is 4. The first-order valence-electron chi connectivity index (χ1n) is 38.4. The summed E-state index contributed by atoms with van der Waals surface area (Å²) >= 11 is 0. The van der Waals surface area contributed by atoms with E-state index in [1.54, 1.807) is 65.4 Å². The molecule has 0 atom stereocenters. The van der Waals surface area contributed by atoms with Gasteiger partial charge in [-0.25, -0.2) is 4.98 Å². The maximum absolute atomic E-state index is 11.0. The van der Waals surface area contributed by atoms with E-state index in [0.29, 0.717) is 33.8 Å². The van der Waals surface area contributed by atoms with Crippen molar-refractivity contribution in [1.82, 2.24) is 14.1 Å². The van der Waals surface area contributed by atoms with Crippen LogP contribution in [0.4, 0.5) is 0 Å². The molecule has 0 aliphatic heterocycles. The van der Waals surface area contributed by atoms with Gasteiger partial charge in [0.2, 0.25) is 0 Å². The van der Waals surface area contributed by atoms with Crippen molar-refractivity contribution >= 4 is 61.7 Å². The average molecular weight is 1320 g/mol. The van der Waals surface area contributed by atoms with E-state index in [-0.39, 0.29) is 83.9 Å². The molecule has 0 radical (unpaired) electrons. The molecular weight excluding hydrogens is 1230 g/mol. The first-order chi connectivity index (χ1) is 49.7. The van der Waals surface area contributed by atoms with Crippen LogP contribution in [0.2, 0.25) is 0 Å². The minimum atomic E-state index is -6.35. The SMILES string of the molecule is [2H]c1c([2H])c([2H])c([Si](c2c([2H])c([2H])c([2H])c([2H])c2[2H])(c2c([2H])c([2H])c([2H])c([2H])c2[2H])c2c([2H])c([2H])c([2H])c(-c3cccc(-c4c([2H])c(C(C)(C)C)c([2H])c(C(C)(C)C)c4[2H])c3-[n+]3[c-]n(-c4[c-]c(Oc5[c-]c6c(cc5)c5ccccc5n6-c5cc(C(C)(C)C)ccn5)ccc4)c4ccccc43)c2[2H])c([2H])c1[2H].[Pt]. The molecule has 0 aliphatic rings. The maximum Gasteiger partial charge on any atom is 0.268 e. The molecule has 422 valence electrons. The van der Waals surface area contributed by atoms with Gasteiger partial charge in [-0.3, -0.25) is 4.57 Å². The van der Waals surface area contributed by atoms with E-state index in [1.807, 2.05) is 82.5 Å². The van der Waals surface area contributed by atoms with E-state index in [1.165, 1.54) is 16.7 Å². The molecule has 85 heavy (non-hydrogen) atoms. The molecule has 0 saturated heterocycles. The van der Waals surface area contributed by atoms with Crippen molar-refractivity contribution in [3.63, 3.8) is 0 Å². The molecule has 0 unspecified atom stereocenters. The van der Waals surface area contributed by atoms with Crippen LogP contribution in [0.15, 0.2) is 248 Å². The van der Waals surface area contributed by atoms with Gasteiger partial charge in [-0.05, 0) is 105 Å². The van der Waals surface area contributed by atoms with E-state index in [4.69, 9.17) is 13.8 Å². The van der Waals surface area contributed by atoms with Gasteiger partial charge in [0.05, 0.1) is 46.9 Å². The Hall–Kier alpha value is -8.67. The monoisotopic (exact) mass is 1320 g/mol. The summed E-state index contributed by atoms with van der Waals surface area (Å²) in [5.74, 6) is 1.24. The van der Waals surface area contributed by atoms with E-state index >= 15 is 0 Å². The van der Waals surface area contributed by atoms with Gasteiger partial charge in [0, 0.05) is 44.3 Å². The van der Waals surface area contributed by atoms with E-state index < -0.39 is 160 Å². The first kappa shape index (κ1) is 36.2. The number of pyridine rings is 1. The molecule has 7 heteroatoms. The standard InChI is InChI=1S/C78H68N4OSi.Pt/c1-76(2,3)56-44-45-79-74(50-56)82-70-39-20-19-36-68(70)69-43-42-61(52-73(69)82)83-60-28-24-27-59(51-60)80-53-81(72-41-22-21-40-71(72)80)75-66(37-25-38-67(75)55-46-57(77(4,5)6)49-58(47-55)78(7,8)9)54-26-23-35-65(48-54)84(62-29-13-10-14-30-62,63-31-15-11-16-32-63)64-33-17-12-18-34-64;/h10-50H,1-9H3;/q-2;/i10D,11D,12D,13D,14D,15D,16D,17D,18D,23D,26D,29D,30D,31D,32D,33D,34D,35D,46D,47D,48D,49D;. The number of fused-ring (bicyclic) bond motifs is 4. The normalized spacial score (nSPS) is 15.8. The molecular formula is C78H68N4OPtSi-2. The number of rotatable bonds is 11. The fourth-order valence-corrected chi connectivity index (χ4v) is 14.2. The summed E-state index contributed by atoms with van der Waals surface area (Å²) in [5, 5.41) is -2.15. The fourth-order valence-electron chi connectivity index (χ4n) is 10.6. The van der Waals surface area contributed by atoms with Crippen molar-refractivity contribution in [3.05, 3.63) is 283 Å². The van der Waals surface area contributed by atoms with Gasteiger partial charge in [-0.1, -0.05) is 261 Å². The molecule has 3 aromatic heterocycles. The van der Waals surface area contributed by atoms with Gasteiger partial charge in [0.1, 0.15) is 5.82 Å². The minimum absolute atomic E-state index is 0. The van der Waals surface area contributed by atoms with E-state index in [9.17, 15) is 26.0 Å². The van der Waals surface area contributed by atoms with Crippen molar-refractivity contribution in [2.75, 3.05) is 0 Å². The zero-order chi connectivity index (χ0) is 77.1. The van der Waals surface area contributed by atoms with Gasteiger partial charge in [0.25, 0.3) is 6.33 Å². The molecule has 0 amide bonds. The van der Waals surface area contributed by atoms with Crippen LogP contribution in [0.3, 0.4) is 0 Å². The fraction of sp³-hybridized carbons (Fsp3) is 0.154. The summed E-state index contributed by atoms with van der Waals surface area (Å²) in [6, 6.07) is 18.0. The van der Waals surface area contributed by atoms with Crippen molar-refractivity contribution in [1.29, 1.82) is 0 Å². The zero-order valence-electron chi connectivity index (χ0n) is 70.0. The van der Waals surface area contributed by atoms with Gasteiger partial charge in [-0.2, -0.15) is 18.2 Å². The molecule has 0 N–H and O–H groups in total. The number of hydrogen-bond acceptors (Lipinski definition) is 2.